The molecule has 1 aromatic carbocycles. The van der Waals surface area contributed by atoms with E-state index < -0.39 is 0 Å². The van der Waals surface area contributed by atoms with Gasteiger partial charge in [-0.3, -0.25) is 4.79 Å². The van der Waals surface area contributed by atoms with Crippen molar-refractivity contribution in [2.24, 2.45) is 0 Å². The van der Waals surface area contributed by atoms with Crippen molar-refractivity contribution in [1.29, 1.82) is 0 Å². The van der Waals surface area contributed by atoms with E-state index in [1.54, 1.807) is 0 Å². The third kappa shape index (κ3) is 5.35. The van der Waals surface area contributed by atoms with Crippen LogP contribution in [0.2, 0.25) is 0 Å². The molecule has 18 heavy (non-hydrogen) atoms. The summed E-state index contributed by atoms with van der Waals surface area (Å²) in [6.45, 7) is 7.00. The number of benzene rings is 1. The topological polar surface area (TPSA) is 26.3 Å². The van der Waals surface area contributed by atoms with Gasteiger partial charge in [-0.15, -0.1) is 0 Å². The highest BCUT2D eigenvalue weighted by Gasteiger charge is 2.06. The molecule has 100 valence electrons. The molecule has 2 heteroatoms. The van der Waals surface area contributed by atoms with Gasteiger partial charge in [-0.05, 0) is 23.5 Å². The summed E-state index contributed by atoms with van der Waals surface area (Å²) in [6, 6.07) is 8.19. The fourth-order valence-corrected chi connectivity index (χ4v) is 1.82. The lowest BCUT2D eigenvalue weighted by molar-refractivity contribution is -0.142. The van der Waals surface area contributed by atoms with Gasteiger partial charge >= 0.3 is 5.97 Å². The Morgan fingerprint density at radius 3 is 2.72 bits per heavy atom. The van der Waals surface area contributed by atoms with Crippen LogP contribution in [0.25, 0.3) is 0 Å². The summed E-state index contributed by atoms with van der Waals surface area (Å²) in [5.74, 6) is 0.373. The zero-order valence-corrected chi connectivity index (χ0v) is 11.7. The van der Waals surface area contributed by atoms with E-state index in [4.69, 9.17) is 4.74 Å². The van der Waals surface area contributed by atoms with Crippen molar-refractivity contribution in [1.82, 2.24) is 0 Å². The summed E-state index contributed by atoms with van der Waals surface area (Å²) in [4.78, 5) is 11.6. The molecule has 0 heterocycles. The molecule has 0 saturated heterocycles. The summed E-state index contributed by atoms with van der Waals surface area (Å²) >= 11 is 0. The van der Waals surface area contributed by atoms with Gasteiger partial charge in [0.05, 0.1) is 13.0 Å². The Kier molecular flexibility index (Phi) is 6.48. The summed E-state index contributed by atoms with van der Waals surface area (Å²) in [6.07, 6.45) is 3.62. The molecule has 0 unspecified atom stereocenters. The SMILES string of the molecule is CCCCCOC(=O)Cc1cccc(C(C)C)c1. The van der Waals surface area contributed by atoms with Crippen LogP contribution in [-0.2, 0) is 16.0 Å². The molecule has 0 bridgehead atoms. The Hall–Kier alpha value is -1.31. The van der Waals surface area contributed by atoms with Crippen LogP contribution >= 0.6 is 0 Å². The van der Waals surface area contributed by atoms with Crippen molar-refractivity contribution in [2.45, 2.75) is 52.4 Å². The third-order valence-electron chi connectivity index (χ3n) is 2.98. The van der Waals surface area contributed by atoms with E-state index in [0.717, 1.165) is 24.8 Å². The van der Waals surface area contributed by atoms with E-state index in [0.29, 0.717) is 18.9 Å². The number of esters is 1. The van der Waals surface area contributed by atoms with Crippen molar-refractivity contribution in [3.05, 3.63) is 35.4 Å². The van der Waals surface area contributed by atoms with Gasteiger partial charge < -0.3 is 4.74 Å². The largest absolute Gasteiger partial charge is 0.465 e. The smallest absolute Gasteiger partial charge is 0.310 e. The van der Waals surface area contributed by atoms with Crippen molar-refractivity contribution in [3.63, 3.8) is 0 Å². The molecule has 0 saturated carbocycles. The highest BCUT2D eigenvalue weighted by Crippen LogP contribution is 2.16. The molecular weight excluding hydrogens is 224 g/mol. The Morgan fingerprint density at radius 2 is 2.06 bits per heavy atom. The Bertz CT molecular complexity index is 369. The number of carbonyl (C=O) groups excluding carboxylic acids is 1. The van der Waals surface area contributed by atoms with Crippen LogP contribution in [0.5, 0.6) is 0 Å². The second-order valence-corrected chi connectivity index (χ2v) is 5.00. The number of carbonyl (C=O) groups is 1. The zero-order valence-electron chi connectivity index (χ0n) is 11.7. The van der Waals surface area contributed by atoms with E-state index >= 15 is 0 Å². The predicted molar refractivity (Wildman–Crippen MR) is 74.7 cm³/mol. The monoisotopic (exact) mass is 248 g/mol. The van der Waals surface area contributed by atoms with Crippen LogP contribution in [0.4, 0.5) is 0 Å². The van der Waals surface area contributed by atoms with Crippen LogP contribution in [0, 0.1) is 0 Å². The second-order valence-electron chi connectivity index (χ2n) is 5.00. The van der Waals surface area contributed by atoms with Gasteiger partial charge in [-0.2, -0.15) is 0 Å². The molecule has 0 aliphatic carbocycles. The molecule has 0 spiro atoms. The molecule has 0 fully saturated rings. The molecule has 0 atom stereocenters. The molecule has 2 nitrogen and oxygen atoms in total. The molecule has 1 aromatic rings. The van der Waals surface area contributed by atoms with Crippen LogP contribution in [0.1, 0.15) is 57.1 Å². The summed E-state index contributed by atoms with van der Waals surface area (Å²) in [5, 5.41) is 0. The Labute approximate surface area is 110 Å². The summed E-state index contributed by atoms with van der Waals surface area (Å²) < 4.78 is 5.21. The normalized spacial score (nSPS) is 10.7. The van der Waals surface area contributed by atoms with Crippen LogP contribution in [-0.4, -0.2) is 12.6 Å². The molecule has 1 rings (SSSR count). The van der Waals surface area contributed by atoms with E-state index in [9.17, 15) is 4.79 Å². The van der Waals surface area contributed by atoms with Crippen LogP contribution in [0.3, 0.4) is 0 Å². The lowest BCUT2D eigenvalue weighted by atomic mass is 10.00. The van der Waals surface area contributed by atoms with E-state index in [1.807, 2.05) is 12.1 Å². The van der Waals surface area contributed by atoms with Gasteiger partial charge in [-0.1, -0.05) is 57.9 Å². The molecule has 0 amide bonds. The van der Waals surface area contributed by atoms with Crippen molar-refractivity contribution >= 4 is 5.97 Å². The van der Waals surface area contributed by atoms with Gasteiger partial charge in [0.15, 0.2) is 0 Å². The van der Waals surface area contributed by atoms with Gasteiger partial charge in [-0.25, -0.2) is 0 Å². The maximum Gasteiger partial charge on any atom is 0.310 e. The third-order valence-corrected chi connectivity index (χ3v) is 2.98. The molecule has 0 aliphatic rings. The number of unbranched alkanes of at least 4 members (excludes halogenated alkanes) is 2. The first-order valence-corrected chi connectivity index (χ1v) is 6.88. The molecule has 0 aromatic heterocycles. The summed E-state index contributed by atoms with van der Waals surface area (Å²) in [5.41, 5.74) is 2.31. The minimum atomic E-state index is -0.119. The number of hydrogen-bond donors (Lipinski definition) is 0. The predicted octanol–water partition coefficient (Wildman–Crippen LogP) is 4.09. The first-order chi connectivity index (χ1) is 8.63. The number of ether oxygens (including phenoxy) is 1. The van der Waals surface area contributed by atoms with Gasteiger partial charge in [0.2, 0.25) is 0 Å². The standard InChI is InChI=1S/C16H24O2/c1-4-5-6-10-18-16(17)12-14-8-7-9-15(11-14)13(2)3/h7-9,11,13H,4-6,10,12H2,1-3H3. The summed E-state index contributed by atoms with van der Waals surface area (Å²) in [7, 11) is 0. The Balaban J connectivity index is 2.41. The van der Waals surface area contributed by atoms with Crippen LogP contribution < -0.4 is 0 Å². The molecule has 0 aliphatic heterocycles. The Morgan fingerprint density at radius 1 is 1.28 bits per heavy atom. The highest BCUT2D eigenvalue weighted by molar-refractivity contribution is 5.72. The lowest BCUT2D eigenvalue weighted by Crippen LogP contribution is -2.09. The fourth-order valence-electron chi connectivity index (χ4n) is 1.82. The minimum absolute atomic E-state index is 0.119. The fraction of sp³-hybridized carbons (Fsp3) is 0.562. The maximum atomic E-state index is 11.6. The van der Waals surface area contributed by atoms with E-state index in [2.05, 4.69) is 32.9 Å². The van der Waals surface area contributed by atoms with Gasteiger partial charge in [0.1, 0.15) is 0 Å². The van der Waals surface area contributed by atoms with E-state index in [-0.39, 0.29) is 5.97 Å². The maximum absolute atomic E-state index is 11.6. The average Bonchev–Trinajstić information content (AvgIpc) is 2.35. The van der Waals surface area contributed by atoms with Gasteiger partial charge in [0, 0.05) is 0 Å². The lowest BCUT2D eigenvalue weighted by Gasteiger charge is -2.08. The zero-order chi connectivity index (χ0) is 13.4. The number of hydrogen-bond acceptors (Lipinski definition) is 2. The van der Waals surface area contributed by atoms with Crippen LogP contribution in [0.15, 0.2) is 24.3 Å². The van der Waals surface area contributed by atoms with Crippen molar-refractivity contribution in [3.8, 4) is 0 Å². The molecule has 0 N–H and O–H groups in total. The molecule has 0 radical (unpaired) electrons. The van der Waals surface area contributed by atoms with E-state index in [1.165, 1.54) is 5.56 Å². The first kappa shape index (κ1) is 14.7. The van der Waals surface area contributed by atoms with Crippen molar-refractivity contribution < 1.29 is 9.53 Å². The highest BCUT2D eigenvalue weighted by atomic mass is 16.5. The first-order valence-electron chi connectivity index (χ1n) is 6.88. The number of rotatable bonds is 7. The molecular formula is C16H24O2. The quantitative estimate of drug-likeness (QED) is 0.536. The average molecular weight is 248 g/mol. The minimum Gasteiger partial charge on any atom is -0.465 e. The van der Waals surface area contributed by atoms with Crippen molar-refractivity contribution in [2.75, 3.05) is 6.61 Å². The second kappa shape index (κ2) is 7.91. The van der Waals surface area contributed by atoms with Gasteiger partial charge in [0.25, 0.3) is 0 Å².